The lowest BCUT2D eigenvalue weighted by Crippen LogP contribution is -2.06. The van der Waals surface area contributed by atoms with Crippen LogP contribution in [-0.4, -0.2) is 24.7 Å². The molecule has 1 amide bonds. The zero-order valence-electron chi connectivity index (χ0n) is 12.0. The van der Waals surface area contributed by atoms with Gasteiger partial charge in [-0.1, -0.05) is 13.8 Å². The van der Waals surface area contributed by atoms with Crippen molar-refractivity contribution in [2.75, 3.05) is 19.2 Å². The van der Waals surface area contributed by atoms with Crippen LogP contribution in [0.1, 0.15) is 20.8 Å². The number of amides is 1. The summed E-state index contributed by atoms with van der Waals surface area (Å²) >= 11 is 0. The standard InChI is InChI=1S/C10H14NO6P.C2H6/c1-8(12)11-9-3-5-10(6-4-9)16-7-17-18(13,14)15-2;1-2/h3-6H,7H2,1-2H3,(H,11,12)(H,13,14);1-2H3. The Morgan fingerprint density at radius 3 is 2.30 bits per heavy atom. The van der Waals surface area contributed by atoms with Crippen LogP contribution < -0.4 is 10.1 Å². The minimum atomic E-state index is -4.02. The molecule has 2 N–H and O–H groups in total. The summed E-state index contributed by atoms with van der Waals surface area (Å²) in [4.78, 5) is 19.7. The number of anilines is 1. The Morgan fingerprint density at radius 1 is 1.30 bits per heavy atom. The van der Waals surface area contributed by atoms with Crippen LogP contribution in [0.25, 0.3) is 0 Å². The Balaban J connectivity index is 0.00000172. The predicted octanol–water partition coefficient (Wildman–Crippen LogP) is 2.77. The van der Waals surface area contributed by atoms with Crippen molar-refractivity contribution in [3.63, 3.8) is 0 Å². The lowest BCUT2D eigenvalue weighted by molar-refractivity contribution is -0.114. The quantitative estimate of drug-likeness (QED) is 0.620. The number of rotatable bonds is 6. The summed E-state index contributed by atoms with van der Waals surface area (Å²) in [5, 5.41) is 2.59. The predicted molar refractivity (Wildman–Crippen MR) is 75.5 cm³/mol. The summed E-state index contributed by atoms with van der Waals surface area (Å²) in [5.74, 6) is 0.258. The zero-order chi connectivity index (χ0) is 15.6. The van der Waals surface area contributed by atoms with E-state index in [4.69, 9.17) is 9.63 Å². The SMILES string of the molecule is CC.COP(=O)(O)OCOc1ccc(NC(C)=O)cc1. The second-order valence-electron chi connectivity index (χ2n) is 3.25. The molecule has 1 aromatic carbocycles. The van der Waals surface area contributed by atoms with Crippen LogP contribution in [-0.2, 0) is 18.4 Å². The third-order valence-corrected chi connectivity index (χ3v) is 2.74. The second kappa shape index (κ2) is 9.50. The molecule has 1 aromatic rings. The highest BCUT2D eigenvalue weighted by molar-refractivity contribution is 7.47. The average molecular weight is 305 g/mol. The molecule has 114 valence electrons. The minimum Gasteiger partial charge on any atom is -0.467 e. The first-order valence-electron chi connectivity index (χ1n) is 5.96. The van der Waals surface area contributed by atoms with Crippen molar-refractivity contribution in [3.05, 3.63) is 24.3 Å². The lowest BCUT2D eigenvalue weighted by atomic mass is 10.3. The summed E-state index contributed by atoms with van der Waals surface area (Å²) in [7, 11) is -2.96. The Bertz CT molecular complexity index is 448. The monoisotopic (exact) mass is 305 g/mol. The van der Waals surface area contributed by atoms with Crippen LogP contribution in [0, 0.1) is 0 Å². The van der Waals surface area contributed by atoms with Gasteiger partial charge >= 0.3 is 7.82 Å². The molecular formula is C12H20NO6P. The third-order valence-electron chi connectivity index (χ3n) is 1.85. The second-order valence-corrected chi connectivity index (χ2v) is 4.81. The number of benzene rings is 1. The van der Waals surface area contributed by atoms with E-state index in [0.717, 1.165) is 7.11 Å². The van der Waals surface area contributed by atoms with E-state index >= 15 is 0 Å². The number of nitrogens with one attached hydrogen (secondary N) is 1. The van der Waals surface area contributed by atoms with Gasteiger partial charge in [-0.3, -0.25) is 9.32 Å². The molecule has 7 nitrogen and oxygen atoms in total. The number of carbonyl (C=O) groups excluding carboxylic acids is 1. The molecule has 0 aliphatic rings. The van der Waals surface area contributed by atoms with Gasteiger partial charge in [0, 0.05) is 19.7 Å². The van der Waals surface area contributed by atoms with Crippen LogP contribution >= 0.6 is 7.82 Å². The van der Waals surface area contributed by atoms with Gasteiger partial charge in [0.05, 0.1) is 0 Å². The van der Waals surface area contributed by atoms with E-state index < -0.39 is 14.6 Å². The van der Waals surface area contributed by atoms with Crippen molar-refractivity contribution in [1.29, 1.82) is 0 Å². The van der Waals surface area contributed by atoms with Crippen molar-refractivity contribution in [3.8, 4) is 5.75 Å². The van der Waals surface area contributed by atoms with Crippen molar-refractivity contribution >= 4 is 19.4 Å². The maximum Gasteiger partial charge on any atom is 0.474 e. The molecule has 0 heterocycles. The molecule has 20 heavy (non-hydrogen) atoms. The highest BCUT2D eigenvalue weighted by Gasteiger charge is 2.18. The maximum atomic E-state index is 10.9. The Labute approximate surface area is 118 Å². The molecule has 0 bridgehead atoms. The topological polar surface area (TPSA) is 94.1 Å². The normalized spacial score (nSPS) is 12.7. The van der Waals surface area contributed by atoms with Gasteiger partial charge in [0.25, 0.3) is 0 Å². The van der Waals surface area contributed by atoms with Crippen LogP contribution in [0.2, 0.25) is 0 Å². The molecule has 1 rings (SSSR count). The highest BCUT2D eigenvalue weighted by Crippen LogP contribution is 2.41. The molecule has 8 heteroatoms. The highest BCUT2D eigenvalue weighted by atomic mass is 31.2. The van der Waals surface area contributed by atoms with Gasteiger partial charge in [-0.25, -0.2) is 9.09 Å². The van der Waals surface area contributed by atoms with Gasteiger partial charge in [0.1, 0.15) is 5.75 Å². The van der Waals surface area contributed by atoms with Gasteiger partial charge in [-0.05, 0) is 24.3 Å². The molecule has 0 aliphatic carbocycles. The molecule has 0 fully saturated rings. The van der Waals surface area contributed by atoms with E-state index in [2.05, 4.69) is 14.4 Å². The molecule has 0 aromatic heterocycles. The van der Waals surface area contributed by atoms with E-state index in [1.165, 1.54) is 6.92 Å². The van der Waals surface area contributed by atoms with Crippen LogP contribution in [0.15, 0.2) is 24.3 Å². The first-order chi connectivity index (χ1) is 9.43. The molecule has 1 unspecified atom stereocenters. The Kier molecular flexibility index (Phi) is 8.83. The van der Waals surface area contributed by atoms with Crippen LogP contribution in [0.3, 0.4) is 0 Å². The van der Waals surface area contributed by atoms with E-state index in [0.29, 0.717) is 11.4 Å². The van der Waals surface area contributed by atoms with E-state index in [1.54, 1.807) is 24.3 Å². The minimum absolute atomic E-state index is 0.173. The van der Waals surface area contributed by atoms with Gasteiger partial charge in [0.2, 0.25) is 5.91 Å². The number of phosphoric ester groups is 1. The molecule has 0 radical (unpaired) electrons. The van der Waals surface area contributed by atoms with Gasteiger partial charge in [0.15, 0.2) is 6.79 Å². The third kappa shape index (κ3) is 7.91. The van der Waals surface area contributed by atoms with Crippen molar-refractivity contribution in [1.82, 2.24) is 0 Å². The summed E-state index contributed by atoms with van der Waals surface area (Å²) in [5.41, 5.74) is 0.625. The fourth-order valence-corrected chi connectivity index (χ4v) is 1.34. The summed E-state index contributed by atoms with van der Waals surface area (Å²) in [6.45, 7) is 4.99. The first kappa shape index (κ1) is 18.6. The summed E-state index contributed by atoms with van der Waals surface area (Å²) < 4.78 is 24.7. The van der Waals surface area contributed by atoms with Crippen LogP contribution in [0.5, 0.6) is 5.75 Å². The molecule has 0 spiro atoms. The molecule has 0 saturated carbocycles. The fourth-order valence-electron chi connectivity index (χ4n) is 1.05. The fraction of sp³-hybridized carbons (Fsp3) is 0.417. The van der Waals surface area contributed by atoms with E-state index in [9.17, 15) is 9.36 Å². The molecule has 0 aliphatic heterocycles. The molecule has 0 saturated heterocycles. The van der Waals surface area contributed by atoms with Crippen molar-refractivity contribution < 1.29 is 28.0 Å². The number of hydrogen-bond acceptors (Lipinski definition) is 5. The molecular weight excluding hydrogens is 285 g/mol. The first-order valence-corrected chi connectivity index (χ1v) is 7.46. The summed E-state index contributed by atoms with van der Waals surface area (Å²) in [6.07, 6.45) is 0. The van der Waals surface area contributed by atoms with E-state index in [1.807, 2.05) is 13.8 Å². The van der Waals surface area contributed by atoms with Gasteiger partial charge in [-0.15, -0.1) is 0 Å². The number of hydrogen-bond donors (Lipinski definition) is 2. The Morgan fingerprint density at radius 2 is 1.85 bits per heavy atom. The largest absolute Gasteiger partial charge is 0.474 e. The van der Waals surface area contributed by atoms with Gasteiger partial charge < -0.3 is 14.9 Å². The molecule has 1 atom stereocenters. The van der Waals surface area contributed by atoms with Gasteiger partial charge in [-0.2, -0.15) is 0 Å². The van der Waals surface area contributed by atoms with Crippen molar-refractivity contribution in [2.45, 2.75) is 20.8 Å². The number of ether oxygens (including phenoxy) is 1. The van der Waals surface area contributed by atoms with Crippen LogP contribution in [0.4, 0.5) is 5.69 Å². The summed E-state index contributed by atoms with van der Waals surface area (Å²) in [6, 6.07) is 6.44. The smallest absolute Gasteiger partial charge is 0.467 e. The zero-order valence-corrected chi connectivity index (χ0v) is 12.8. The van der Waals surface area contributed by atoms with Crippen molar-refractivity contribution in [2.24, 2.45) is 0 Å². The maximum absolute atomic E-state index is 10.9. The Hall–Kier alpha value is -1.40. The lowest BCUT2D eigenvalue weighted by Gasteiger charge is -2.10. The number of phosphoric acid groups is 1. The van der Waals surface area contributed by atoms with E-state index in [-0.39, 0.29) is 5.91 Å². The number of carbonyl (C=O) groups is 1. The average Bonchev–Trinajstić information content (AvgIpc) is 2.42.